The molecule has 1 atom stereocenters. The maximum Gasteiger partial charge on any atom is 0.163 e. The third kappa shape index (κ3) is 5.53. The number of nitrogens with zero attached hydrogens (tertiary/aromatic N) is 1. The Morgan fingerprint density at radius 3 is 2.52 bits per heavy atom. The first-order chi connectivity index (χ1) is 10.0. The van der Waals surface area contributed by atoms with Gasteiger partial charge in [-0.2, -0.15) is 0 Å². The number of benzene rings is 1. The van der Waals surface area contributed by atoms with Gasteiger partial charge in [0, 0.05) is 43.9 Å². The molecule has 4 nitrogen and oxygen atoms in total. The van der Waals surface area contributed by atoms with Crippen LogP contribution in [0.3, 0.4) is 0 Å². The minimum absolute atomic E-state index is 0. The lowest BCUT2D eigenvalue weighted by atomic mass is 9.96. The van der Waals surface area contributed by atoms with Crippen molar-refractivity contribution in [2.75, 3.05) is 33.3 Å². The molecule has 0 bridgehead atoms. The zero-order chi connectivity index (χ0) is 15.4. The Hall–Kier alpha value is -1.01. The first-order valence-electron chi connectivity index (χ1n) is 7.18. The van der Waals surface area contributed by atoms with E-state index >= 15 is 0 Å². The summed E-state index contributed by atoms with van der Waals surface area (Å²) in [4.78, 5) is 2.25. The number of rotatable bonds is 5. The zero-order valence-corrected chi connectivity index (χ0v) is 15.1. The normalized spacial score (nSPS) is 16.0. The molecule has 0 aliphatic carbocycles. The number of halogens is 3. The highest BCUT2D eigenvalue weighted by Crippen LogP contribution is 2.39. The van der Waals surface area contributed by atoms with Gasteiger partial charge in [0.1, 0.15) is 5.82 Å². The maximum atomic E-state index is 13.8. The number of ether oxygens (including phenoxy) is 1. The van der Waals surface area contributed by atoms with Crippen molar-refractivity contribution in [1.82, 2.24) is 10.2 Å². The van der Waals surface area contributed by atoms with E-state index in [1.807, 2.05) is 6.92 Å². The molecule has 0 saturated carbocycles. The van der Waals surface area contributed by atoms with E-state index in [1.165, 1.54) is 19.2 Å². The largest absolute Gasteiger partial charge is 0.504 e. The second-order valence-electron chi connectivity index (χ2n) is 5.51. The predicted molar refractivity (Wildman–Crippen MR) is 95.7 cm³/mol. The topological polar surface area (TPSA) is 44.7 Å². The molecular formula is C16H25Cl2FN2O2. The summed E-state index contributed by atoms with van der Waals surface area (Å²) >= 11 is 0. The van der Waals surface area contributed by atoms with Crippen LogP contribution < -0.4 is 10.1 Å². The fourth-order valence-electron chi connectivity index (χ4n) is 2.76. The van der Waals surface area contributed by atoms with Crippen LogP contribution in [0.4, 0.5) is 4.39 Å². The molecule has 1 fully saturated rings. The molecule has 0 unspecified atom stereocenters. The minimum atomic E-state index is -0.401. The van der Waals surface area contributed by atoms with Gasteiger partial charge < -0.3 is 15.2 Å². The quantitative estimate of drug-likeness (QED) is 0.784. The average molecular weight is 367 g/mol. The van der Waals surface area contributed by atoms with Crippen molar-refractivity contribution in [1.29, 1.82) is 0 Å². The van der Waals surface area contributed by atoms with E-state index < -0.39 is 5.82 Å². The molecule has 1 heterocycles. The van der Waals surface area contributed by atoms with E-state index in [-0.39, 0.29) is 42.4 Å². The Balaban J connectivity index is 0.00000242. The van der Waals surface area contributed by atoms with E-state index in [9.17, 15) is 9.50 Å². The number of methoxy groups -OCH3 is 1. The number of phenolic OH excluding ortho intramolecular Hbond substituents is 1. The van der Waals surface area contributed by atoms with Crippen LogP contribution >= 0.6 is 24.8 Å². The van der Waals surface area contributed by atoms with Gasteiger partial charge in [-0.1, -0.05) is 5.57 Å². The number of phenols is 1. The summed E-state index contributed by atoms with van der Waals surface area (Å²) in [7, 11) is 1.43. The van der Waals surface area contributed by atoms with E-state index in [1.54, 1.807) is 0 Å². The number of aromatic hydroxyl groups is 1. The molecule has 7 heteroatoms. The van der Waals surface area contributed by atoms with Crippen LogP contribution in [-0.2, 0) is 0 Å². The lowest BCUT2D eigenvalue weighted by molar-refractivity contribution is 0.169. The third-order valence-electron chi connectivity index (χ3n) is 3.78. The molecule has 0 spiro atoms. The summed E-state index contributed by atoms with van der Waals surface area (Å²) in [6.07, 6.45) is 0.681. The van der Waals surface area contributed by atoms with Gasteiger partial charge in [0.05, 0.1) is 7.11 Å². The molecule has 2 rings (SSSR count). The van der Waals surface area contributed by atoms with Crippen LogP contribution in [0.15, 0.2) is 24.3 Å². The van der Waals surface area contributed by atoms with E-state index in [0.29, 0.717) is 12.0 Å². The molecule has 2 N–H and O–H groups in total. The van der Waals surface area contributed by atoms with Gasteiger partial charge in [-0.25, -0.2) is 4.39 Å². The van der Waals surface area contributed by atoms with Crippen LogP contribution in [0.2, 0.25) is 0 Å². The van der Waals surface area contributed by atoms with Gasteiger partial charge in [0.25, 0.3) is 0 Å². The highest BCUT2D eigenvalue weighted by Gasteiger charge is 2.26. The highest BCUT2D eigenvalue weighted by atomic mass is 35.5. The van der Waals surface area contributed by atoms with Gasteiger partial charge in [-0.05, 0) is 19.4 Å². The monoisotopic (exact) mass is 366 g/mol. The Kier molecular flexibility index (Phi) is 9.54. The van der Waals surface area contributed by atoms with E-state index in [4.69, 9.17) is 4.74 Å². The summed E-state index contributed by atoms with van der Waals surface area (Å²) in [5.41, 5.74) is 1.57. The first kappa shape index (κ1) is 22.0. The lowest BCUT2D eigenvalue weighted by Gasteiger charge is -2.35. The molecular weight excluding hydrogens is 342 g/mol. The molecule has 23 heavy (non-hydrogen) atoms. The highest BCUT2D eigenvalue weighted by molar-refractivity contribution is 5.85. The second kappa shape index (κ2) is 9.98. The maximum absolute atomic E-state index is 13.8. The molecule has 1 aliphatic heterocycles. The molecule has 1 saturated heterocycles. The van der Waals surface area contributed by atoms with Gasteiger partial charge in [-0.3, -0.25) is 4.90 Å². The molecule has 132 valence electrons. The Labute approximate surface area is 149 Å². The van der Waals surface area contributed by atoms with Crippen LogP contribution in [-0.4, -0.2) is 43.3 Å². The third-order valence-corrected chi connectivity index (χ3v) is 3.78. The Morgan fingerprint density at radius 1 is 1.39 bits per heavy atom. The Morgan fingerprint density at radius 2 is 2.00 bits per heavy atom. The van der Waals surface area contributed by atoms with Gasteiger partial charge >= 0.3 is 0 Å². The summed E-state index contributed by atoms with van der Waals surface area (Å²) < 4.78 is 18.9. The molecule has 0 aromatic heterocycles. The fraction of sp³-hybridized carbons (Fsp3) is 0.500. The Bertz CT molecular complexity index is 523. The van der Waals surface area contributed by atoms with Gasteiger partial charge in [-0.15, -0.1) is 31.4 Å². The van der Waals surface area contributed by atoms with Crippen molar-refractivity contribution in [3.8, 4) is 11.5 Å². The fourth-order valence-corrected chi connectivity index (χ4v) is 2.76. The van der Waals surface area contributed by atoms with Crippen LogP contribution in [0.25, 0.3) is 0 Å². The summed E-state index contributed by atoms with van der Waals surface area (Å²) in [5.74, 6) is -0.211. The number of nitrogens with one attached hydrogen (secondary N) is 1. The zero-order valence-electron chi connectivity index (χ0n) is 13.5. The molecule has 0 radical (unpaired) electrons. The first-order valence-corrected chi connectivity index (χ1v) is 7.18. The van der Waals surface area contributed by atoms with Gasteiger partial charge in [0.2, 0.25) is 0 Å². The molecule has 1 aromatic carbocycles. The van der Waals surface area contributed by atoms with Crippen molar-refractivity contribution < 1.29 is 14.2 Å². The standard InChI is InChI=1S/C16H23FN2O2.2ClH/c1-11(2)8-14(19-6-4-18-5-7-19)13-9-12(17)10-15(21-3)16(13)20;;/h9-10,14,18,20H,1,4-8H2,2-3H3;2*1H/t14-;;/m1../s1. The second-order valence-corrected chi connectivity index (χ2v) is 5.51. The van der Waals surface area contributed by atoms with Crippen molar-refractivity contribution in [2.45, 2.75) is 19.4 Å². The summed E-state index contributed by atoms with van der Waals surface area (Å²) in [6.45, 7) is 9.40. The number of piperazine rings is 1. The van der Waals surface area contributed by atoms with Crippen molar-refractivity contribution >= 4 is 24.8 Å². The smallest absolute Gasteiger partial charge is 0.163 e. The van der Waals surface area contributed by atoms with Crippen molar-refractivity contribution in [2.24, 2.45) is 0 Å². The summed E-state index contributed by atoms with van der Waals surface area (Å²) in [5, 5.41) is 13.7. The summed E-state index contributed by atoms with van der Waals surface area (Å²) in [6, 6.07) is 2.51. The number of hydrogen-bond acceptors (Lipinski definition) is 4. The minimum Gasteiger partial charge on any atom is -0.504 e. The van der Waals surface area contributed by atoms with Crippen molar-refractivity contribution in [3.05, 3.63) is 35.7 Å². The van der Waals surface area contributed by atoms with E-state index in [2.05, 4.69) is 16.8 Å². The molecule has 0 amide bonds. The van der Waals surface area contributed by atoms with Crippen molar-refractivity contribution in [3.63, 3.8) is 0 Å². The van der Waals surface area contributed by atoms with Crippen LogP contribution in [0.5, 0.6) is 11.5 Å². The van der Waals surface area contributed by atoms with Crippen LogP contribution in [0.1, 0.15) is 24.9 Å². The SMILES string of the molecule is C=C(C)C[C@H](c1cc(F)cc(OC)c1O)N1CCNCC1.Cl.Cl. The van der Waals surface area contributed by atoms with Gasteiger partial charge in [0.15, 0.2) is 11.5 Å². The predicted octanol–water partition coefficient (Wildman–Crippen LogP) is 3.30. The molecule has 1 aliphatic rings. The number of hydrogen-bond donors (Lipinski definition) is 2. The molecule has 1 aromatic rings. The lowest BCUT2D eigenvalue weighted by Crippen LogP contribution is -2.45. The van der Waals surface area contributed by atoms with E-state index in [0.717, 1.165) is 31.8 Å². The average Bonchev–Trinajstić information content (AvgIpc) is 2.47. The van der Waals surface area contributed by atoms with Crippen LogP contribution in [0, 0.1) is 5.82 Å².